The molecule has 0 amide bonds. The van der Waals surface area contributed by atoms with Crippen LogP contribution in [0.2, 0.25) is 0 Å². The quantitative estimate of drug-likeness (QED) is 0.168. The summed E-state index contributed by atoms with van der Waals surface area (Å²) in [6.45, 7) is 0. The van der Waals surface area contributed by atoms with Crippen LogP contribution in [0.1, 0.15) is 0 Å². The first-order valence-corrected chi connectivity index (χ1v) is 15.4. The van der Waals surface area contributed by atoms with Gasteiger partial charge < -0.3 is 0 Å². The fourth-order valence-electron chi connectivity index (χ4n) is 1.06. The second-order valence-corrected chi connectivity index (χ2v) is 30.8. The van der Waals surface area contributed by atoms with Gasteiger partial charge in [-0.25, -0.2) is 0 Å². The second-order valence-electron chi connectivity index (χ2n) is 3.19. The van der Waals surface area contributed by atoms with Gasteiger partial charge >= 0.3 is 0 Å². The molecule has 101 valence electrons. The maximum atomic E-state index is 2.66. The van der Waals surface area contributed by atoms with Crippen LogP contribution < -0.4 is 0 Å². The van der Waals surface area contributed by atoms with Crippen molar-refractivity contribution in [3.8, 4) is 0 Å². The van der Waals surface area contributed by atoms with Crippen LogP contribution >= 0.6 is 248 Å². The topological polar surface area (TPSA) is 0 Å². The lowest BCUT2D eigenvalue weighted by molar-refractivity contribution is 0.658. The summed E-state index contributed by atoms with van der Waals surface area (Å²) in [6.07, 6.45) is 0. The van der Waals surface area contributed by atoms with Gasteiger partial charge in [-0.05, 0) is 0 Å². The number of rotatable bonds is 0. The van der Waals surface area contributed by atoms with Crippen molar-refractivity contribution >= 4 is 248 Å². The number of halogens is 11. The number of hydrogen-bond donors (Lipinski definition) is 0. The molecule has 11 heteroatoms. The molecule has 0 aromatic rings. The standard InChI is InChI=1S/C6I11/c7-1-2(8,9)4(12,13)6(16,17)5(14,15)3(1,10)11. The summed E-state index contributed by atoms with van der Waals surface area (Å²) in [5.41, 5.74) is 0. The monoisotopic (exact) mass is 1470 g/mol. The number of hydrogen-bond acceptors (Lipinski definition) is 0. The molecule has 1 rings (SSSR count). The van der Waals surface area contributed by atoms with Crippen molar-refractivity contribution < 1.29 is 0 Å². The second kappa shape index (κ2) is 7.57. The SMILES string of the molecule is I[C]1C(I)(I)C(I)(I)C(I)(I)C(I)(I)C1(I)I. The van der Waals surface area contributed by atoms with Gasteiger partial charge in [0.1, 0.15) is 7.14 Å². The van der Waals surface area contributed by atoms with Crippen molar-refractivity contribution in [2.75, 3.05) is 0 Å². The van der Waals surface area contributed by atoms with Crippen LogP contribution in [0.4, 0.5) is 0 Å². The molecule has 0 nitrogen and oxygen atoms in total. The van der Waals surface area contributed by atoms with E-state index >= 15 is 0 Å². The van der Waals surface area contributed by atoms with Crippen molar-refractivity contribution in [1.29, 1.82) is 0 Å². The van der Waals surface area contributed by atoms with E-state index in [1.165, 1.54) is 3.92 Å². The lowest BCUT2D eigenvalue weighted by atomic mass is 10.00. The van der Waals surface area contributed by atoms with Crippen LogP contribution in [-0.2, 0) is 0 Å². The van der Waals surface area contributed by atoms with Gasteiger partial charge in [-0.2, -0.15) is 0 Å². The van der Waals surface area contributed by atoms with Crippen LogP contribution in [0.5, 0.6) is 0 Å². The van der Waals surface area contributed by atoms with Gasteiger partial charge in [-0.15, -0.1) is 0 Å². The summed E-state index contributed by atoms with van der Waals surface area (Å²) in [5.74, 6) is 0. The summed E-state index contributed by atoms with van der Waals surface area (Å²) in [7, 11) is 0. The third kappa shape index (κ3) is 3.71. The van der Waals surface area contributed by atoms with Gasteiger partial charge in [-0.1, -0.05) is 248 Å². The van der Waals surface area contributed by atoms with Gasteiger partial charge in [0, 0.05) is 0 Å². The Morgan fingerprint density at radius 1 is 0.471 bits per heavy atom. The molecule has 0 aromatic heterocycles. The predicted molar refractivity (Wildman–Crippen MR) is 171 cm³/mol. The Hall–Kier alpha value is 8.03. The summed E-state index contributed by atoms with van der Waals surface area (Å²) < 4.78 is 2.25. The van der Waals surface area contributed by atoms with E-state index in [0.717, 1.165) is 0 Å². The molecule has 1 aliphatic rings. The van der Waals surface area contributed by atoms with Gasteiger partial charge in [0.15, 0.2) is 0 Å². The van der Waals surface area contributed by atoms with Gasteiger partial charge in [0.25, 0.3) is 0 Å². The minimum atomic E-state index is 0.134. The van der Waals surface area contributed by atoms with E-state index < -0.39 is 0 Å². The Morgan fingerprint density at radius 2 is 0.706 bits per heavy atom. The van der Waals surface area contributed by atoms with Crippen molar-refractivity contribution in [2.45, 2.75) is 7.14 Å². The molecule has 0 N–H and O–H groups in total. The van der Waals surface area contributed by atoms with E-state index in [-0.39, 0.29) is 7.14 Å². The highest BCUT2D eigenvalue weighted by Gasteiger charge is 2.78. The van der Waals surface area contributed by atoms with Crippen LogP contribution in [-0.4, -0.2) is 7.14 Å². The summed E-state index contributed by atoms with van der Waals surface area (Å²) >= 11 is 29.0. The first kappa shape index (κ1) is 23.1. The van der Waals surface area contributed by atoms with Crippen LogP contribution in [0.3, 0.4) is 0 Å². The van der Waals surface area contributed by atoms with Gasteiger partial charge in [-0.3, -0.25) is 0 Å². The summed E-state index contributed by atoms with van der Waals surface area (Å²) in [6, 6.07) is 0. The van der Waals surface area contributed by atoms with Gasteiger partial charge in [0.05, 0.1) is 3.92 Å². The third-order valence-electron chi connectivity index (χ3n) is 2.13. The molecule has 0 heterocycles. The molecule has 0 unspecified atom stereocenters. The van der Waals surface area contributed by atoms with E-state index in [2.05, 4.69) is 248 Å². The minimum Gasteiger partial charge on any atom is -0.0724 e. The molecule has 0 saturated heterocycles. The minimum absolute atomic E-state index is 0.134. The molecular formula is C6I11. The summed E-state index contributed by atoms with van der Waals surface area (Å²) in [4.78, 5) is 0. The Kier molecular flexibility index (Phi) is 10.3. The van der Waals surface area contributed by atoms with E-state index in [9.17, 15) is 0 Å². The highest BCUT2D eigenvalue weighted by molar-refractivity contribution is 14.2. The van der Waals surface area contributed by atoms with E-state index in [1.807, 2.05) is 0 Å². The van der Waals surface area contributed by atoms with Crippen molar-refractivity contribution in [3.63, 3.8) is 0 Å². The first-order valence-electron chi connectivity index (χ1n) is 3.58. The Bertz CT molecular complexity index is 299. The average Bonchev–Trinajstić information content (AvgIpc) is 2.13. The smallest absolute Gasteiger partial charge is 0.0724 e. The molecular weight excluding hydrogens is 1470 g/mol. The summed E-state index contributed by atoms with van der Waals surface area (Å²) in [5, 5.41) is 0. The number of alkyl halides is 10. The predicted octanol–water partition coefficient (Wildman–Crippen LogP) is 8.80. The molecule has 0 aliphatic heterocycles. The largest absolute Gasteiger partial charge is 0.125 e. The first-order chi connectivity index (χ1) is 7.15. The molecule has 17 heavy (non-hydrogen) atoms. The zero-order chi connectivity index (χ0) is 14.1. The van der Waals surface area contributed by atoms with Crippen LogP contribution in [0, 0.1) is 3.92 Å². The van der Waals surface area contributed by atoms with E-state index in [4.69, 9.17) is 0 Å². The normalized spacial score (nSPS) is 33.4. The molecule has 0 atom stereocenters. The highest BCUT2D eigenvalue weighted by Crippen LogP contribution is 2.81. The third-order valence-corrected chi connectivity index (χ3v) is 39.5. The van der Waals surface area contributed by atoms with Crippen molar-refractivity contribution in [1.82, 2.24) is 0 Å². The van der Waals surface area contributed by atoms with Crippen molar-refractivity contribution in [2.24, 2.45) is 0 Å². The maximum Gasteiger partial charge on any atom is 0.125 e. The molecule has 0 bridgehead atoms. The van der Waals surface area contributed by atoms with Crippen LogP contribution in [0.25, 0.3) is 0 Å². The van der Waals surface area contributed by atoms with E-state index in [1.54, 1.807) is 0 Å². The Labute approximate surface area is 251 Å². The fraction of sp³-hybridized carbons (Fsp3) is 0.833. The van der Waals surface area contributed by atoms with E-state index in [0.29, 0.717) is 0 Å². The molecule has 1 fully saturated rings. The Balaban J connectivity index is 3.56. The molecule has 0 aromatic carbocycles. The van der Waals surface area contributed by atoms with Crippen molar-refractivity contribution in [3.05, 3.63) is 3.92 Å². The average molecular weight is 1470 g/mol. The molecule has 1 aliphatic carbocycles. The lowest BCUT2D eigenvalue weighted by Crippen LogP contribution is -2.69. The zero-order valence-corrected chi connectivity index (χ0v) is 30.9. The molecule has 1 saturated carbocycles. The Morgan fingerprint density at radius 3 is 0.941 bits per heavy atom. The lowest BCUT2D eigenvalue weighted by Gasteiger charge is -2.61. The maximum absolute atomic E-state index is 2.66. The van der Waals surface area contributed by atoms with Crippen LogP contribution in [0.15, 0.2) is 0 Å². The zero-order valence-electron chi connectivity index (χ0n) is 7.16. The fourth-order valence-corrected chi connectivity index (χ4v) is 19.7. The molecule has 1 radical (unpaired) electrons. The molecule has 0 spiro atoms. The van der Waals surface area contributed by atoms with Gasteiger partial charge in [0.2, 0.25) is 0 Å². The highest BCUT2D eigenvalue weighted by atomic mass is 127.